The molecule has 2 N–H and O–H groups in total. The summed E-state index contributed by atoms with van der Waals surface area (Å²) in [5.41, 5.74) is 0.118. The van der Waals surface area contributed by atoms with Crippen molar-refractivity contribution in [3.8, 4) is 16.8 Å². The van der Waals surface area contributed by atoms with Crippen LogP contribution in [-0.2, 0) is 15.0 Å². The van der Waals surface area contributed by atoms with Gasteiger partial charge in [0.15, 0.2) is 5.82 Å². The van der Waals surface area contributed by atoms with Gasteiger partial charge < -0.3 is 10.4 Å². The second-order valence-electron chi connectivity index (χ2n) is 9.31. The molecule has 2 aliphatic carbocycles. The molecule has 1 unspecified atom stereocenters. The normalized spacial score (nSPS) is 19.8. The number of halogens is 2. The summed E-state index contributed by atoms with van der Waals surface area (Å²) in [6, 6.07) is 11.7. The lowest BCUT2D eigenvalue weighted by Crippen LogP contribution is -2.35. The fraction of sp³-hybridized carbons (Fsp3) is 0.250. The second-order valence-corrected chi connectivity index (χ2v) is 9.71. The third-order valence-electron chi connectivity index (χ3n) is 7.29. The van der Waals surface area contributed by atoms with E-state index in [2.05, 4.69) is 10.4 Å². The first kappa shape index (κ1) is 24.0. The van der Waals surface area contributed by atoms with Gasteiger partial charge in [0.05, 0.1) is 22.7 Å². The predicted octanol–water partition coefficient (Wildman–Crippen LogP) is 6.30. The van der Waals surface area contributed by atoms with Crippen molar-refractivity contribution in [3.05, 3.63) is 89.4 Å². The molecule has 2 aromatic carbocycles. The highest BCUT2D eigenvalue weighted by atomic mass is 35.5. The fourth-order valence-electron chi connectivity index (χ4n) is 4.78. The van der Waals surface area contributed by atoms with Crippen LogP contribution in [0, 0.1) is 11.2 Å². The zero-order valence-electron chi connectivity index (χ0n) is 19.7. The van der Waals surface area contributed by atoms with Crippen molar-refractivity contribution < 1.29 is 19.1 Å². The largest absolute Gasteiger partial charge is 0.481 e. The third-order valence-corrected chi connectivity index (χ3v) is 7.56. The number of carboxylic acids is 1. The number of benzene rings is 2. The summed E-state index contributed by atoms with van der Waals surface area (Å²) in [7, 11) is 0. The molecule has 1 saturated carbocycles. The number of anilines is 1. The SMILES string of the molecule is CCC1(C(=O)Nc2c(Cl)cnn2-c2ccccc2-c2ccc(C3(C(=O)O)CC3)cc2F)C=CC=CC1. The Balaban J connectivity index is 1.53. The van der Waals surface area contributed by atoms with Gasteiger partial charge in [-0.25, -0.2) is 9.07 Å². The predicted molar refractivity (Wildman–Crippen MR) is 137 cm³/mol. The van der Waals surface area contributed by atoms with Gasteiger partial charge in [0.1, 0.15) is 10.8 Å². The van der Waals surface area contributed by atoms with Crippen LogP contribution in [0.4, 0.5) is 10.2 Å². The molecule has 2 aliphatic rings. The summed E-state index contributed by atoms with van der Waals surface area (Å²) in [5, 5.41) is 17.2. The van der Waals surface area contributed by atoms with Crippen LogP contribution in [0.3, 0.4) is 0 Å². The summed E-state index contributed by atoms with van der Waals surface area (Å²) in [6.07, 6.45) is 11.2. The van der Waals surface area contributed by atoms with E-state index in [4.69, 9.17) is 11.6 Å². The van der Waals surface area contributed by atoms with Crippen molar-refractivity contribution >= 4 is 29.3 Å². The highest BCUT2D eigenvalue weighted by molar-refractivity contribution is 6.33. The minimum Gasteiger partial charge on any atom is -0.481 e. The number of aliphatic carboxylic acids is 1. The van der Waals surface area contributed by atoms with Crippen LogP contribution < -0.4 is 5.32 Å². The van der Waals surface area contributed by atoms with Gasteiger partial charge in [-0.05, 0) is 43.4 Å². The minimum atomic E-state index is -0.996. The monoisotopic (exact) mass is 505 g/mol. The first-order valence-corrected chi connectivity index (χ1v) is 12.2. The summed E-state index contributed by atoms with van der Waals surface area (Å²) in [6.45, 7) is 1.96. The molecule has 1 fully saturated rings. The molecular weight excluding hydrogens is 481 g/mol. The average Bonchev–Trinajstić information content (AvgIpc) is 3.64. The van der Waals surface area contributed by atoms with Gasteiger partial charge in [-0.3, -0.25) is 9.59 Å². The van der Waals surface area contributed by atoms with Crippen LogP contribution in [0.5, 0.6) is 0 Å². The van der Waals surface area contributed by atoms with E-state index < -0.39 is 22.6 Å². The summed E-state index contributed by atoms with van der Waals surface area (Å²) < 4.78 is 16.9. The number of nitrogens with zero attached hydrogens (tertiary/aromatic N) is 2. The summed E-state index contributed by atoms with van der Waals surface area (Å²) >= 11 is 6.44. The van der Waals surface area contributed by atoms with Gasteiger partial charge in [-0.1, -0.05) is 73.2 Å². The van der Waals surface area contributed by atoms with E-state index in [1.165, 1.54) is 16.9 Å². The molecule has 0 spiro atoms. The number of aromatic nitrogens is 2. The van der Waals surface area contributed by atoms with Crippen molar-refractivity contribution in [2.75, 3.05) is 5.32 Å². The molecule has 1 atom stereocenters. The van der Waals surface area contributed by atoms with E-state index >= 15 is 4.39 Å². The van der Waals surface area contributed by atoms with E-state index in [1.54, 1.807) is 36.4 Å². The first-order valence-electron chi connectivity index (χ1n) is 11.8. The van der Waals surface area contributed by atoms with E-state index in [1.807, 2.05) is 31.2 Å². The number of carbonyl (C=O) groups is 2. The fourth-order valence-corrected chi connectivity index (χ4v) is 4.95. The molecule has 8 heteroatoms. The Bertz CT molecular complexity index is 1420. The van der Waals surface area contributed by atoms with Gasteiger partial charge >= 0.3 is 5.97 Å². The van der Waals surface area contributed by atoms with Crippen LogP contribution in [0.15, 0.2) is 73.0 Å². The second kappa shape index (κ2) is 9.06. The molecule has 36 heavy (non-hydrogen) atoms. The molecule has 0 radical (unpaired) electrons. The van der Waals surface area contributed by atoms with E-state index in [0.717, 1.165) is 0 Å². The molecule has 0 aliphatic heterocycles. The lowest BCUT2D eigenvalue weighted by atomic mass is 9.78. The molecule has 5 rings (SSSR count). The summed E-state index contributed by atoms with van der Waals surface area (Å²) in [5.74, 6) is -1.37. The standard InChI is InChI=1S/C28H25ClFN3O3/c1-2-27(12-6-3-7-13-27)25(34)32-24-21(29)17-31-33(24)23-9-5-4-8-20(23)19-11-10-18(16-22(19)30)28(14-15-28)26(35)36/h3-12,16-17H,2,13-15H2,1H3,(H,32,34)(H,35,36). The average molecular weight is 506 g/mol. The van der Waals surface area contributed by atoms with Gasteiger partial charge in [-0.2, -0.15) is 5.10 Å². The summed E-state index contributed by atoms with van der Waals surface area (Å²) in [4.78, 5) is 25.0. The Morgan fingerprint density at radius 3 is 2.58 bits per heavy atom. The number of carboxylic acid groups (broad SMARTS) is 1. The maximum absolute atomic E-state index is 15.4. The van der Waals surface area contributed by atoms with Crippen molar-refractivity contribution in [3.63, 3.8) is 0 Å². The number of amides is 1. The first-order chi connectivity index (χ1) is 17.3. The molecule has 184 valence electrons. The quantitative estimate of drug-likeness (QED) is 0.394. The maximum Gasteiger partial charge on any atom is 0.314 e. The topological polar surface area (TPSA) is 84.2 Å². The maximum atomic E-state index is 15.4. The van der Waals surface area contributed by atoms with E-state index in [-0.39, 0.29) is 10.9 Å². The molecule has 3 aromatic rings. The van der Waals surface area contributed by atoms with Crippen LogP contribution >= 0.6 is 11.6 Å². The number of hydrogen-bond acceptors (Lipinski definition) is 3. The van der Waals surface area contributed by atoms with Gasteiger partial charge in [0.25, 0.3) is 0 Å². The Morgan fingerprint density at radius 2 is 1.94 bits per heavy atom. The van der Waals surface area contributed by atoms with Crippen molar-refractivity contribution in [2.24, 2.45) is 5.41 Å². The Morgan fingerprint density at radius 1 is 1.17 bits per heavy atom. The number of rotatable bonds is 7. The lowest BCUT2D eigenvalue weighted by Gasteiger charge is -2.28. The minimum absolute atomic E-state index is 0.203. The Labute approximate surface area is 213 Å². The number of carbonyl (C=O) groups excluding carboxylic acids is 1. The van der Waals surface area contributed by atoms with Crippen molar-refractivity contribution in [1.82, 2.24) is 9.78 Å². The van der Waals surface area contributed by atoms with Crippen LogP contribution in [0.1, 0.15) is 38.2 Å². The molecular formula is C28H25ClFN3O3. The number of para-hydroxylation sites is 1. The molecule has 1 heterocycles. The van der Waals surface area contributed by atoms with Gasteiger partial charge in [0.2, 0.25) is 5.91 Å². The van der Waals surface area contributed by atoms with E-state index in [9.17, 15) is 14.7 Å². The van der Waals surface area contributed by atoms with Crippen molar-refractivity contribution in [1.29, 1.82) is 0 Å². The molecule has 0 saturated heterocycles. The van der Waals surface area contributed by atoms with Gasteiger partial charge in [0, 0.05) is 11.1 Å². The van der Waals surface area contributed by atoms with E-state index in [0.29, 0.717) is 53.9 Å². The van der Waals surface area contributed by atoms with Crippen LogP contribution in [0.25, 0.3) is 16.8 Å². The van der Waals surface area contributed by atoms with Crippen LogP contribution in [-0.4, -0.2) is 26.8 Å². The van der Waals surface area contributed by atoms with Crippen molar-refractivity contribution in [2.45, 2.75) is 38.0 Å². The molecule has 6 nitrogen and oxygen atoms in total. The highest BCUT2D eigenvalue weighted by Gasteiger charge is 2.52. The smallest absolute Gasteiger partial charge is 0.314 e. The molecule has 0 bridgehead atoms. The zero-order chi connectivity index (χ0) is 25.5. The number of nitrogens with one attached hydrogen (secondary N) is 1. The zero-order valence-corrected chi connectivity index (χ0v) is 20.4. The lowest BCUT2D eigenvalue weighted by molar-refractivity contribution is -0.140. The Hall–Kier alpha value is -3.71. The number of hydrogen-bond donors (Lipinski definition) is 2. The Kier molecular flexibility index (Phi) is 6.04. The molecule has 1 amide bonds. The number of allylic oxidation sites excluding steroid dienone is 3. The van der Waals surface area contributed by atoms with Gasteiger partial charge in [-0.15, -0.1) is 0 Å². The molecule has 1 aromatic heterocycles. The third kappa shape index (κ3) is 3.93. The highest BCUT2D eigenvalue weighted by Crippen LogP contribution is 2.49. The van der Waals surface area contributed by atoms with Crippen LogP contribution in [0.2, 0.25) is 5.02 Å².